The highest BCUT2D eigenvalue weighted by atomic mass is 14.8. The van der Waals surface area contributed by atoms with Gasteiger partial charge in [0.2, 0.25) is 0 Å². The van der Waals surface area contributed by atoms with Gasteiger partial charge < -0.3 is 10.6 Å². The van der Waals surface area contributed by atoms with Gasteiger partial charge in [-0.15, -0.1) is 0 Å². The molecule has 2 heteroatoms. The summed E-state index contributed by atoms with van der Waals surface area (Å²) >= 11 is 0. The Morgan fingerprint density at radius 3 is 2.29 bits per heavy atom. The second-order valence-electron chi connectivity index (χ2n) is 3.32. The van der Waals surface area contributed by atoms with E-state index < -0.39 is 0 Å². The Labute approximate surface area is 87.8 Å². The van der Waals surface area contributed by atoms with Crippen LogP contribution >= 0.6 is 0 Å². The molecule has 0 heterocycles. The van der Waals surface area contributed by atoms with Crippen LogP contribution in [0.5, 0.6) is 0 Å². The normalized spacial score (nSPS) is 14.5. The minimum Gasteiger partial charge on any atom is -0.392 e. The molecule has 0 aromatic carbocycles. The summed E-state index contributed by atoms with van der Waals surface area (Å²) in [6, 6.07) is 0. The molecular weight excluding hydrogens is 172 g/mol. The standard InChI is InChI=1S/C12H22N2/c1-6-7-12(9-13-4)10(2)8-11(3)14-5/h6-8,13-14H,9H2,1-5H3/b7-6-,11-8-,12-10+. The minimum atomic E-state index is 0.906. The number of allylic oxidation sites excluding steroid dienone is 4. The van der Waals surface area contributed by atoms with Crippen LogP contribution in [-0.2, 0) is 0 Å². The molecule has 14 heavy (non-hydrogen) atoms. The lowest BCUT2D eigenvalue weighted by molar-refractivity contribution is 0.887. The lowest BCUT2D eigenvalue weighted by Gasteiger charge is -2.06. The third-order valence-corrected chi connectivity index (χ3v) is 2.07. The number of likely N-dealkylation sites (N-methyl/N-ethyl adjacent to an activating group) is 1. The van der Waals surface area contributed by atoms with Crippen molar-refractivity contribution < 1.29 is 0 Å². The van der Waals surface area contributed by atoms with Gasteiger partial charge in [0.25, 0.3) is 0 Å². The monoisotopic (exact) mass is 194 g/mol. The molecule has 0 aliphatic rings. The van der Waals surface area contributed by atoms with Gasteiger partial charge in [0.15, 0.2) is 0 Å². The van der Waals surface area contributed by atoms with Gasteiger partial charge in [0.1, 0.15) is 0 Å². The van der Waals surface area contributed by atoms with Gasteiger partial charge in [-0.2, -0.15) is 0 Å². The molecule has 0 aliphatic heterocycles. The second kappa shape index (κ2) is 7.39. The van der Waals surface area contributed by atoms with E-state index in [0.29, 0.717) is 0 Å². The van der Waals surface area contributed by atoms with Gasteiger partial charge in [-0.25, -0.2) is 0 Å². The first-order valence-corrected chi connectivity index (χ1v) is 4.98. The van der Waals surface area contributed by atoms with Crippen molar-refractivity contribution in [3.05, 3.63) is 35.1 Å². The van der Waals surface area contributed by atoms with Gasteiger partial charge >= 0.3 is 0 Å². The van der Waals surface area contributed by atoms with E-state index in [9.17, 15) is 0 Å². The van der Waals surface area contributed by atoms with E-state index in [1.807, 2.05) is 21.0 Å². The van der Waals surface area contributed by atoms with Crippen LogP contribution in [0.15, 0.2) is 35.1 Å². The molecule has 0 aromatic rings. The Bertz CT molecular complexity index is 247. The lowest BCUT2D eigenvalue weighted by atomic mass is 10.1. The number of nitrogens with one attached hydrogen (secondary N) is 2. The highest BCUT2D eigenvalue weighted by molar-refractivity contribution is 5.33. The molecule has 80 valence electrons. The van der Waals surface area contributed by atoms with Crippen molar-refractivity contribution in [2.24, 2.45) is 0 Å². The minimum absolute atomic E-state index is 0.906. The maximum Gasteiger partial charge on any atom is 0.0205 e. The van der Waals surface area contributed by atoms with Crippen LogP contribution in [0.25, 0.3) is 0 Å². The first-order chi connectivity index (χ1) is 6.65. The molecular formula is C12H22N2. The van der Waals surface area contributed by atoms with Crippen molar-refractivity contribution in [1.82, 2.24) is 10.6 Å². The number of hydrogen-bond donors (Lipinski definition) is 2. The van der Waals surface area contributed by atoms with Crippen molar-refractivity contribution in [2.75, 3.05) is 20.6 Å². The summed E-state index contributed by atoms with van der Waals surface area (Å²) in [6.45, 7) is 7.14. The fraction of sp³-hybridized carbons (Fsp3) is 0.500. The summed E-state index contributed by atoms with van der Waals surface area (Å²) in [4.78, 5) is 0. The van der Waals surface area contributed by atoms with Crippen molar-refractivity contribution in [2.45, 2.75) is 20.8 Å². The Hall–Kier alpha value is -1.02. The third kappa shape index (κ3) is 4.87. The van der Waals surface area contributed by atoms with Crippen molar-refractivity contribution >= 4 is 0 Å². The van der Waals surface area contributed by atoms with Crippen LogP contribution in [0.2, 0.25) is 0 Å². The van der Waals surface area contributed by atoms with Gasteiger partial charge in [-0.1, -0.05) is 12.2 Å². The Morgan fingerprint density at radius 2 is 1.86 bits per heavy atom. The molecule has 0 aromatic heterocycles. The lowest BCUT2D eigenvalue weighted by Crippen LogP contribution is -2.11. The average Bonchev–Trinajstić information content (AvgIpc) is 2.17. The molecule has 0 atom stereocenters. The Balaban J connectivity index is 4.79. The van der Waals surface area contributed by atoms with Gasteiger partial charge in [0, 0.05) is 19.3 Å². The Morgan fingerprint density at radius 1 is 1.21 bits per heavy atom. The molecule has 2 nitrogen and oxygen atoms in total. The quantitative estimate of drug-likeness (QED) is 0.656. The fourth-order valence-corrected chi connectivity index (χ4v) is 1.21. The number of hydrogen-bond acceptors (Lipinski definition) is 2. The molecule has 0 saturated heterocycles. The summed E-state index contributed by atoms with van der Waals surface area (Å²) in [5.74, 6) is 0. The van der Waals surface area contributed by atoms with E-state index in [1.54, 1.807) is 0 Å². The largest absolute Gasteiger partial charge is 0.392 e. The molecule has 0 saturated carbocycles. The van der Waals surface area contributed by atoms with Crippen LogP contribution < -0.4 is 10.6 Å². The first-order valence-electron chi connectivity index (χ1n) is 4.98. The molecule has 0 amide bonds. The highest BCUT2D eigenvalue weighted by Crippen LogP contribution is 2.08. The molecule has 0 spiro atoms. The van der Waals surface area contributed by atoms with Crippen LogP contribution in [0, 0.1) is 0 Å². The smallest absolute Gasteiger partial charge is 0.0205 e. The maximum atomic E-state index is 3.17. The number of rotatable bonds is 5. The summed E-state index contributed by atoms with van der Waals surface area (Å²) in [7, 11) is 3.90. The summed E-state index contributed by atoms with van der Waals surface area (Å²) in [6.07, 6.45) is 6.37. The van der Waals surface area contributed by atoms with Gasteiger partial charge in [-0.3, -0.25) is 0 Å². The van der Waals surface area contributed by atoms with E-state index in [-0.39, 0.29) is 0 Å². The predicted molar refractivity (Wildman–Crippen MR) is 64.3 cm³/mol. The van der Waals surface area contributed by atoms with E-state index in [1.165, 1.54) is 16.8 Å². The van der Waals surface area contributed by atoms with Gasteiger partial charge in [0.05, 0.1) is 0 Å². The second-order valence-corrected chi connectivity index (χ2v) is 3.32. The van der Waals surface area contributed by atoms with E-state index in [2.05, 4.69) is 42.7 Å². The van der Waals surface area contributed by atoms with Gasteiger partial charge in [-0.05, 0) is 45.0 Å². The predicted octanol–water partition coefficient (Wildman–Crippen LogP) is 2.22. The van der Waals surface area contributed by atoms with Crippen molar-refractivity contribution in [3.63, 3.8) is 0 Å². The van der Waals surface area contributed by atoms with Crippen LogP contribution in [0.4, 0.5) is 0 Å². The SMILES string of the molecule is C\C=C/C(CNC)=C(C)\C=C(\C)NC. The summed E-state index contributed by atoms with van der Waals surface area (Å²) in [5, 5.41) is 6.28. The maximum absolute atomic E-state index is 3.17. The molecule has 0 bridgehead atoms. The van der Waals surface area contributed by atoms with E-state index in [4.69, 9.17) is 0 Å². The molecule has 0 unspecified atom stereocenters. The van der Waals surface area contributed by atoms with Crippen LogP contribution in [0.3, 0.4) is 0 Å². The summed E-state index contributed by atoms with van der Waals surface area (Å²) < 4.78 is 0. The van der Waals surface area contributed by atoms with E-state index >= 15 is 0 Å². The zero-order valence-corrected chi connectivity index (χ0v) is 9.94. The fourth-order valence-electron chi connectivity index (χ4n) is 1.21. The highest BCUT2D eigenvalue weighted by Gasteiger charge is 1.95. The molecule has 0 radical (unpaired) electrons. The van der Waals surface area contributed by atoms with E-state index in [0.717, 1.165) is 6.54 Å². The van der Waals surface area contributed by atoms with Crippen LogP contribution in [-0.4, -0.2) is 20.6 Å². The molecule has 2 N–H and O–H groups in total. The zero-order valence-electron chi connectivity index (χ0n) is 9.94. The van der Waals surface area contributed by atoms with Crippen molar-refractivity contribution in [1.29, 1.82) is 0 Å². The first kappa shape index (κ1) is 13.0. The third-order valence-electron chi connectivity index (χ3n) is 2.07. The molecule has 0 fully saturated rings. The van der Waals surface area contributed by atoms with Crippen molar-refractivity contribution in [3.8, 4) is 0 Å². The van der Waals surface area contributed by atoms with Crippen LogP contribution in [0.1, 0.15) is 20.8 Å². The summed E-state index contributed by atoms with van der Waals surface area (Å²) in [5.41, 5.74) is 3.80. The molecule has 0 aliphatic carbocycles. The molecule has 0 rings (SSSR count). The Kier molecular flexibility index (Phi) is 6.85. The zero-order chi connectivity index (χ0) is 11.0. The topological polar surface area (TPSA) is 24.1 Å². The average molecular weight is 194 g/mol.